The first kappa shape index (κ1) is 85.4. The predicted molar refractivity (Wildman–Crippen MR) is 485 cm³/mol. The number of nitrogens with zero attached hydrogens (tertiary/aromatic N) is 6. The summed E-state index contributed by atoms with van der Waals surface area (Å²) < 4.78 is 13.2. The molecule has 0 spiro atoms. The Labute approximate surface area is 689 Å². The van der Waals surface area contributed by atoms with Gasteiger partial charge in [-0.2, -0.15) is 9.97 Å². The fourth-order valence-corrected chi connectivity index (χ4v) is 13.7. The van der Waals surface area contributed by atoms with Gasteiger partial charge in [0, 0.05) is 27.8 Å². The minimum atomic E-state index is -0.440. The first-order valence-electron chi connectivity index (χ1n) is 40.6. The van der Waals surface area contributed by atoms with Gasteiger partial charge in [-0.3, -0.25) is 0 Å². The van der Waals surface area contributed by atoms with E-state index in [1.807, 2.05) is 97.1 Å². The molecule has 2 aromatic heterocycles. The van der Waals surface area contributed by atoms with Crippen molar-refractivity contribution in [1.29, 1.82) is 0 Å². The van der Waals surface area contributed by atoms with Crippen LogP contribution >= 0.6 is 11.6 Å². The van der Waals surface area contributed by atoms with Crippen molar-refractivity contribution in [2.24, 2.45) is 0 Å². The number of rotatable bonds is 10. The van der Waals surface area contributed by atoms with Crippen molar-refractivity contribution in [3.05, 3.63) is 280 Å². The molecule has 1 aliphatic rings. The summed E-state index contributed by atoms with van der Waals surface area (Å²) in [6.07, 6.45) is 0. The smallest absolute Gasteiger partial charge is 0.399 e. The molecule has 1 aliphatic heterocycles. The van der Waals surface area contributed by atoms with Gasteiger partial charge in [0.1, 0.15) is 0 Å². The molecule has 8 nitrogen and oxygen atoms in total. The quantitative estimate of drug-likeness (QED) is 0.125. The fourth-order valence-electron chi connectivity index (χ4n) is 13.6. The first-order chi connectivity index (χ1) is 52.9. The molecule has 0 bridgehead atoms. The van der Waals surface area contributed by atoms with Crippen molar-refractivity contribution in [3.8, 4) is 101 Å². The van der Waals surface area contributed by atoms with Gasteiger partial charge in [0.25, 0.3) is 0 Å². The Morgan fingerprint density at radius 3 is 0.605 bits per heavy atom. The highest BCUT2D eigenvalue weighted by Crippen LogP contribution is 2.44. The van der Waals surface area contributed by atoms with E-state index in [2.05, 4.69) is 342 Å². The first-order valence-corrected chi connectivity index (χ1v) is 41.0. The van der Waals surface area contributed by atoms with Crippen LogP contribution in [0.1, 0.15) is 238 Å². The summed E-state index contributed by atoms with van der Waals surface area (Å²) in [7, 11) is -0.440. The summed E-state index contributed by atoms with van der Waals surface area (Å²) in [6.45, 7) is 63.7. The topological polar surface area (TPSA) is 95.8 Å². The largest absolute Gasteiger partial charge is 0.494 e. The lowest BCUT2D eigenvalue weighted by Gasteiger charge is -2.32. The summed E-state index contributed by atoms with van der Waals surface area (Å²) in [5.74, 6) is 3.14. The van der Waals surface area contributed by atoms with Crippen LogP contribution in [-0.4, -0.2) is 48.2 Å². The van der Waals surface area contributed by atoms with Crippen LogP contribution in [0.2, 0.25) is 5.28 Å². The van der Waals surface area contributed by atoms with E-state index in [0.29, 0.717) is 29.1 Å². The van der Waals surface area contributed by atoms with Crippen molar-refractivity contribution in [2.45, 2.75) is 248 Å². The molecule has 0 radical (unpaired) electrons. The third-order valence-corrected chi connectivity index (χ3v) is 22.2. The van der Waals surface area contributed by atoms with Crippen LogP contribution in [0.3, 0.4) is 0 Å². The lowest BCUT2D eigenvalue weighted by atomic mass is 9.74. The average molecular weight is 1530 g/mol. The Morgan fingerprint density at radius 1 is 0.219 bits per heavy atom. The van der Waals surface area contributed by atoms with Gasteiger partial charge in [-0.05, 0) is 201 Å². The number of halogens is 1. The summed E-state index contributed by atoms with van der Waals surface area (Å²) in [4.78, 5) is 28.2. The molecule has 1 saturated heterocycles. The predicted octanol–water partition coefficient (Wildman–Crippen LogP) is 27.8. The highest BCUT2D eigenvalue weighted by Gasteiger charge is 2.52. The van der Waals surface area contributed by atoms with Gasteiger partial charge in [-0.25, -0.2) is 19.9 Å². The van der Waals surface area contributed by atoms with E-state index in [1.54, 1.807) is 0 Å². The molecular weight excluding hydrogens is 1410 g/mol. The Kier molecular flexibility index (Phi) is 24.2. The minimum Gasteiger partial charge on any atom is -0.399 e. The molecule has 12 aromatic rings. The maximum absolute atomic E-state index is 6.62. The fraction of sp³-hybridized carbons (Fsp3) is 0.365. The zero-order valence-electron chi connectivity index (χ0n) is 73.4. The van der Waals surface area contributed by atoms with Crippen LogP contribution in [0.4, 0.5) is 0 Å². The molecule has 1 fully saturated rings. The van der Waals surface area contributed by atoms with Crippen LogP contribution < -0.4 is 5.46 Å². The molecule has 10 aromatic carbocycles. The van der Waals surface area contributed by atoms with Crippen molar-refractivity contribution in [2.75, 3.05) is 0 Å². The third-order valence-electron chi connectivity index (χ3n) is 22.0. The second-order valence-corrected chi connectivity index (χ2v) is 40.8. The Balaban J connectivity index is 0.000000185. The van der Waals surface area contributed by atoms with Gasteiger partial charge in [-0.15, -0.1) is 0 Å². The van der Waals surface area contributed by atoms with Gasteiger partial charge in [0.05, 0.1) is 11.2 Å². The molecule has 0 saturated carbocycles. The number of hydrogen-bond acceptors (Lipinski definition) is 8. The van der Waals surface area contributed by atoms with Gasteiger partial charge in [0.15, 0.2) is 29.1 Å². The van der Waals surface area contributed by atoms with Crippen LogP contribution in [0.25, 0.3) is 101 Å². The van der Waals surface area contributed by atoms with Crippen molar-refractivity contribution in [1.82, 2.24) is 29.9 Å². The van der Waals surface area contributed by atoms with E-state index in [0.717, 1.165) is 44.4 Å². The van der Waals surface area contributed by atoms with E-state index < -0.39 is 18.3 Å². The SMILES string of the molecule is CC(C)(C)c1cc(-c2cc(-c3cc(C(C)(C)C)cc(C(C)(C)C)c3)cc(-c3nc(-c4ccccc4)nc(-c4ccccc4)n3)c2)cc(C(C)(C)C)c1.CC(C)(C)c1cc(-c2cc(B3OC(C)(C)C(C)(C)O3)cc(-c3cc(C(C)(C)C)cc(C(C)(C)C)c3)c2)cc(C(C)(C)C)c1.Clc1nc(-c2ccccc2)nc(-c2ccccc2)n1. The molecular formula is C104H122BClN6O2. The van der Waals surface area contributed by atoms with Gasteiger partial charge < -0.3 is 9.31 Å². The molecule has 590 valence electrons. The number of hydrogen-bond donors (Lipinski definition) is 0. The van der Waals surface area contributed by atoms with E-state index in [4.69, 9.17) is 35.9 Å². The minimum absolute atomic E-state index is 0.0114. The third kappa shape index (κ3) is 20.8. The van der Waals surface area contributed by atoms with Crippen LogP contribution in [-0.2, 0) is 52.6 Å². The molecule has 114 heavy (non-hydrogen) atoms. The Morgan fingerprint density at radius 2 is 0.395 bits per heavy atom. The lowest BCUT2D eigenvalue weighted by Crippen LogP contribution is -2.41. The van der Waals surface area contributed by atoms with E-state index in [-0.39, 0.29) is 48.6 Å². The maximum Gasteiger partial charge on any atom is 0.494 e. The van der Waals surface area contributed by atoms with Gasteiger partial charge >= 0.3 is 7.12 Å². The zero-order chi connectivity index (χ0) is 83.3. The molecule has 10 heteroatoms. The molecule has 0 N–H and O–H groups in total. The average Bonchev–Trinajstić information content (AvgIpc) is 1.37. The highest BCUT2D eigenvalue weighted by atomic mass is 35.5. The monoisotopic (exact) mass is 1530 g/mol. The van der Waals surface area contributed by atoms with Crippen LogP contribution in [0.15, 0.2) is 231 Å². The Hall–Kier alpha value is -9.51. The molecule has 0 aliphatic carbocycles. The second kappa shape index (κ2) is 32.3. The number of aromatic nitrogens is 6. The lowest BCUT2D eigenvalue weighted by molar-refractivity contribution is 0.00578. The van der Waals surface area contributed by atoms with Crippen molar-refractivity contribution < 1.29 is 9.31 Å². The van der Waals surface area contributed by atoms with E-state index in [1.165, 1.54) is 77.9 Å². The molecule has 0 atom stereocenters. The van der Waals surface area contributed by atoms with E-state index >= 15 is 0 Å². The molecule has 0 amide bonds. The van der Waals surface area contributed by atoms with Crippen LogP contribution in [0, 0.1) is 0 Å². The maximum atomic E-state index is 6.62. The summed E-state index contributed by atoms with van der Waals surface area (Å²) >= 11 is 5.99. The van der Waals surface area contributed by atoms with Crippen LogP contribution in [0.5, 0.6) is 0 Å². The molecule has 3 heterocycles. The Bertz CT molecular complexity index is 4950. The van der Waals surface area contributed by atoms with E-state index in [9.17, 15) is 0 Å². The standard InChI is InChI=1S/C49H55N3.C40H57BO2.C15H10ClN3/c1-46(2,3)39-26-36(27-40(30-39)47(4,5)6)34-23-35(37-28-41(48(7,8)9)31-42(29-37)49(10,11)12)25-38(24-34)45-51-43(32-19-15-13-16-20-32)50-44(52-45)33-21-17-14-18-22-33;1-35(2,3)30-18-28(19-31(24-30)36(4,5)6)26-17-27(23-34(22-26)41-42-39(13,14)40(15,16)43-41)29-20-32(37(7,8)9)25-33(21-29)38(10,11)12;16-15-18-13(11-7-3-1-4-8-11)17-14(19-15)12-9-5-2-6-10-12/h13-31H,1-12H3;17-25H,1-16H3;1-10H. The molecule has 0 unspecified atom stereocenters. The molecule has 13 rings (SSSR count). The highest BCUT2D eigenvalue weighted by molar-refractivity contribution is 6.62. The normalized spacial score (nSPS) is 14.1. The summed E-state index contributed by atoms with van der Waals surface area (Å²) in [5, 5.41) is 0.202. The zero-order valence-corrected chi connectivity index (χ0v) is 74.2. The van der Waals surface area contributed by atoms with Crippen molar-refractivity contribution >= 4 is 24.2 Å². The number of benzene rings is 10. The summed E-state index contributed by atoms with van der Waals surface area (Å²) in [5.41, 5.74) is 25.3. The second-order valence-electron chi connectivity index (χ2n) is 40.4. The van der Waals surface area contributed by atoms with Gasteiger partial charge in [0.2, 0.25) is 5.28 Å². The summed E-state index contributed by atoms with van der Waals surface area (Å²) in [6, 6.07) is 82.3. The van der Waals surface area contributed by atoms with Crippen molar-refractivity contribution in [3.63, 3.8) is 0 Å². The van der Waals surface area contributed by atoms with Gasteiger partial charge in [-0.1, -0.05) is 372 Å².